The van der Waals surface area contributed by atoms with Crippen molar-refractivity contribution >= 4 is 44.6 Å². The fourth-order valence-electron chi connectivity index (χ4n) is 2.67. The van der Waals surface area contributed by atoms with Crippen LogP contribution in [-0.2, 0) is 0 Å². The van der Waals surface area contributed by atoms with Crippen LogP contribution in [0.4, 0.5) is 0 Å². The highest BCUT2D eigenvalue weighted by atomic mass is 32.2. The van der Waals surface area contributed by atoms with Crippen molar-refractivity contribution in [1.82, 2.24) is 9.97 Å². The molecule has 1 N–H and O–H groups in total. The van der Waals surface area contributed by atoms with Gasteiger partial charge < -0.3 is 4.98 Å². The van der Waals surface area contributed by atoms with Crippen LogP contribution in [0.3, 0.4) is 0 Å². The smallest absolute Gasteiger partial charge is 0.140 e. The lowest BCUT2D eigenvalue weighted by atomic mass is 10.1. The number of nitrogens with one attached hydrogen (secondary N) is 1. The molecule has 2 aromatic heterocycles. The Hall–Kier alpha value is -2.00. The number of benzene rings is 2. The Morgan fingerprint density at radius 1 is 0.947 bits per heavy atom. The van der Waals surface area contributed by atoms with Gasteiger partial charge in [0.2, 0.25) is 0 Å². The van der Waals surface area contributed by atoms with Gasteiger partial charge in [0.1, 0.15) is 5.65 Å². The zero-order valence-corrected chi connectivity index (χ0v) is 11.3. The molecule has 3 heteroatoms. The Morgan fingerprint density at radius 3 is 2.53 bits per heavy atom. The second kappa shape index (κ2) is 4.00. The van der Waals surface area contributed by atoms with E-state index in [0.717, 1.165) is 16.7 Å². The first-order valence-electron chi connectivity index (χ1n) is 6.21. The number of rotatable bonds is 1. The quantitative estimate of drug-likeness (QED) is 0.509. The van der Waals surface area contributed by atoms with Gasteiger partial charge in [0.05, 0.1) is 5.52 Å². The van der Waals surface area contributed by atoms with Gasteiger partial charge in [0, 0.05) is 26.6 Å². The topological polar surface area (TPSA) is 28.7 Å². The number of pyridine rings is 1. The van der Waals surface area contributed by atoms with Crippen LogP contribution in [0, 0.1) is 0 Å². The molecule has 19 heavy (non-hydrogen) atoms. The molecule has 0 saturated heterocycles. The van der Waals surface area contributed by atoms with E-state index in [2.05, 4.69) is 53.7 Å². The summed E-state index contributed by atoms with van der Waals surface area (Å²) in [6.07, 6.45) is 2.13. The Bertz CT molecular complexity index is 908. The molecule has 0 bridgehead atoms. The lowest BCUT2D eigenvalue weighted by Crippen LogP contribution is -1.84. The van der Waals surface area contributed by atoms with Crippen molar-refractivity contribution in [2.24, 2.45) is 0 Å². The molecule has 0 amide bonds. The molecule has 0 spiro atoms. The molecule has 0 saturated carbocycles. The summed E-state index contributed by atoms with van der Waals surface area (Å²) in [5.74, 6) is 0. The summed E-state index contributed by atoms with van der Waals surface area (Å²) in [5, 5.41) is 3.72. The maximum Gasteiger partial charge on any atom is 0.140 e. The number of aromatic nitrogens is 2. The average molecular weight is 264 g/mol. The van der Waals surface area contributed by atoms with E-state index >= 15 is 0 Å². The summed E-state index contributed by atoms with van der Waals surface area (Å²) in [5.41, 5.74) is 3.17. The summed E-state index contributed by atoms with van der Waals surface area (Å²) in [7, 11) is 0. The molecule has 0 atom stereocenters. The molecular formula is C16H12N2S. The zero-order valence-electron chi connectivity index (χ0n) is 10.5. The van der Waals surface area contributed by atoms with E-state index in [1.54, 1.807) is 11.8 Å². The SMILES string of the molecule is CSc1c2ccccc2nc2[nH]c3ccccc3c12. The Balaban J connectivity index is 2.33. The van der Waals surface area contributed by atoms with Gasteiger partial charge in [-0.2, -0.15) is 0 Å². The molecule has 0 radical (unpaired) electrons. The van der Waals surface area contributed by atoms with Gasteiger partial charge >= 0.3 is 0 Å². The highest BCUT2D eigenvalue weighted by Gasteiger charge is 2.12. The Labute approximate surface area is 114 Å². The number of aromatic amines is 1. The number of hydrogen-bond donors (Lipinski definition) is 1. The third-order valence-electron chi connectivity index (χ3n) is 3.50. The van der Waals surface area contributed by atoms with Gasteiger partial charge in [-0.3, -0.25) is 0 Å². The van der Waals surface area contributed by atoms with Crippen LogP contribution in [0.5, 0.6) is 0 Å². The molecule has 2 heterocycles. The van der Waals surface area contributed by atoms with E-state index in [4.69, 9.17) is 4.98 Å². The molecule has 92 valence electrons. The van der Waals surface area contributed by atoms with E-state index in [1.165, 1.54) is 21.1 Å². The van der Waals surface area contributed by atoms with Gasteiger partial charge in [-0.05, 0) is 18.4 Å². The van der Waals surface area contributed by atoms with Crippen LogP contribution in [0.2, 0.25) is 0 Å². The fraction of sp³-hybridized carbons (Fsp3) is 0.0625. The van der Waals surface area contributed by atoms with Crippen molar-refractivity contribution in [2.75, 3.05) is 6.26 Å². The van der Waals surface area contributed by atoms with Crippen molar-refractivity contribution in [1.29, 1.82) is 0 Å². The molecule has 0 aliphatic carbocycles. The van der Waals surface area contributed by atoms with Crippen molar-refractivity contribution in [2.45, 2.75) is 4.90 Å². The Morgan fingerprint density at radius 2 is 1.68 bits per heavy atom. The van der Waals surface area contributed by atoms with Crippen molar-refractivity contribution in [3.63, 3.8) is 0 Å². The first kappa shape index (κ1) is 10.9. The standard InChI is InChI=1S/C16H12N2S/c1-19-15-11-7-3-5-9-13(11)18-16-14(15)10-6-2-4-8-12(10)17-16/h2-9H,1H3,(H,17,18). The van der Waals surface area contributed by atoms with Crippen LogP contribution in [0.15, 0.2) is 53.4 Å². The average Bonchev–Trinajstić information content (AvgIpc) is 2.82. The number of hydrogen-bond acceptors (Lipinski definition) is 2. The second-order valence-electron chi connectivity index (χ2n) is 4.56. The normalized spacial score (nSPS) is 11.6. The van der Waals surface area contributed by atoms with Crippen molar-refractivity contribution in [3.05, 3.63) is 48.5 Å². The summed E-state index contributed by atoms with van der Waals surface area (Å²) >= 11 is 1.79. The molecule has 2 nitrogen and oxygen atoms in total. The van der Waals surface area contributed by atoms with Gasteiger partial charge in [-0.25, -0.2) is 4.98 Å². The monoisotopic (exact) mass is 264 g/mol. The van der Waals surface area contributed by atoms with Crippen LogP contribution in [0.1, 0.15) is 0 Å². The second-order valence-corrected chi connectivity index (χ2v) is 5.37. The summed E-state index contributed by atoms with van der Waals surface area (Å²) in [6.45, 7) is 0. The highest BCUT2D eigenvalue weighted by Crippen LogP contribution is 2.36. The molecule has 0 fully saturated rings. The summed E-state index contributed by atoms with van der Waals surface area (Å²) in [4.78, 5) is 9.48. The molecule has 0 aliphatic heterocycles. The van der Waals surface area contributed by atoms with Gasteiger partial charge in [-0.15, -0.1) is 11.8 Å². The zero-order chi connectivity index (χ0) is 12.8. The molecule has 0 unspecified atom stereocenters. The molecule has 2 aromatic carbocycles. The number of nitrogens with zero attached hydrogens (tertiary/aromatic N) is 1. The van der Waals surface area contributed by atoms with Crippen LogP contribution >= 0.6 is 11.8 Å². The van der Waals surface area contributed by atoms with E-state index in [0.29, 0.717) is 0 Å². The third-order valence-corrected chi connectivity index (χ3v) is 4.33. The molecule has 0 aliphatic rings. The third kappa shape index (κ3) is 1.48. The summed E-state index contributed by atoms with van der Waals surface area (Å²) < 4.78 is 0. The maximum absolute atomic E-state index is 4.75. The minimum atomic E-state index is 0.976. The number of para-hydroxylation sites is 2. The highest BCUT2D eigenvalue weighted by molar-refractivity contribution is 7.99. The van der Waals surface area contributed by atoms with Crippen molar-refractivity contribution < 1.29 is 0 Å². The predicted octanol–water partition coefficient (Wildman–Crippen LogP) is 4.59. The number of fused-ring (bicyclic) bond motifs is 4. The fourth-order valence-corrected chi connectivity index (χ4v) is 3.48. The van der Waals surface area contributed by atoms with Crippen LogP contribution < -0.4 is 0 Å². The van der Waals surface area contributed by atoms with Crippen LogP contribution in [0.25, 0.3) is 32.8 Å². The first-order valence-corrected chi connectivity index (χ1v) is 7.44. The van der Waals surface area contributed by atoms with E-state index in [1.807, 2.05) is 6.07 Å². The first-order chi connectivity index (χ1) is 9.38. The number of H-pyrrole nitrogens is 1. The van der Waals surface area contributed by atoms with Gasteiger partial charge in [0.25, 0.3) is 0 Å². The molecule has 4 rings (SSSR count). The summed E-state index contributed by atoms with van der Waals surface area (Å²) in [6, 6.07) is 16.7. The molecular weight excluding hydrogens is 252 g/mol. The number of thioether (sulfide) groups is 1. The van der Waals surface area contributed by atoms with Gasteiger partial charge in [-0.1, -0.05) is 36.4 Å². The Kier molecular flexibility index (Phi) is 2.29. The van der Waals surface area contributed by atoms with E-state index in [9.17, 15) is 0 Å². The van der Waals surface area contributed by atoms with E-state index < -0.39 is 0 Å². The van der Waals surface area contributed by atoms with Crippen molar-refractivity contribution in [3.8, 4) is 0 Å². The lowest BCUT2D eigenvalue weighted by molar-refractivity contribution is 1.38. The molecule has 4 aromatic rings. The maximum atomic E-state index is 4.75. The largest absolute Gasteiger partial charge is 0.339 e. The minimum absolute atomic E-state index is 0.976. The van der Waals surface area contributed by atoms with Gasteiger partial charge in [0.15, 0.2) is 0 Å². The minimum Gasteiger partial charge on any atom is -0.339 e. The predicted molar refractivity (Wildman–Crippen MR) is 82.9 cm³/mol. The van der Waals surface area contributed by atoms with E-state index in [-0.39, 0.29) is 0 Å². The lowest BCUT2D eigenvalue weighted by Gasteiger charge is -2.05. The van der Waals surface area contributed by atoms with Crippen LogP contribution in [-0.4, -0.2) is 16.2 Å².